The molecule has 104 valence electrons. The van der Waals surface area contributed by atoms with Crippen molar-refractivity contribution < 1.29 is 9.90 Å². The molecule has 0 spiro atoms. The second kappa shape index (κ2) is 5.50. The lowest BCUT2D eigenvalue weighted by atomic mass is 10.1. The zero-order valence-corrected chi connectivity index (χ0v) is 12.2. The number of hydrogen-bond donors (Lipinski definition) is 1. The maximum Gasteiger partial charge on any atom is 0.348 e. The Balaban J connectivity index is 2.13. The molecule has 0 bridgehead atoms. The molecule has 0 aliphatic heterocycles. The number of nitrogens with zero attached hydrogens (tertiary/aromatic N) is 1. The number of rotatable bonds is 3. The summed E-state index contributed by atoms with van der Waals surface area (Å²) in [7, 11) is 0. The lowest BCUT2D eigenvalue weighted by molar-refractivity contribution is 0.0702. The molecule has 1 aromatic heterocycles. The van der Waals surface area contributed by atoms with Crippen molar-refractivity contribution >= 4 is 17.3 Å². The number of aromatic carboxylic acids is 1. The normalized spacial score (nSPS) is 10.5. The van der Waals surface area contributed by atoms with E-state index in [1.165, 1.54) is 11.3 Å². The van der Waals surface area contributed by atoms with Crippen LogP contribution in [-0.2, 0) is 0 Å². The van der Waals surface area contributed by atoms with Crippen LogP contribution in [0.2, 0.25) is 0 Å². The Morgan fingerprint density at radius 2 is 1.67 bits per heavy atom. The standard InChI is InChI=1S/C17H13NO2S/c1-11-7-9-13(10-8-11)16-18-14(15(21-16)17(19)20)12-5-3-2-4-6-12/h2-10H,1H3,(H,19,20). The van der Waals surface area contributed by atoms with Gasteiger partial charge in [-0.2, -0.15) is 0 Å². The van der Waals surface area contributed by atoms with Gasteiger partial charge in [-0.05, 0) is 6.92 Å². The molecule has 0 atom stereocenters. The highest BCUT2D eigenvalue weighted by molar-refractivity contribution is 7.17. The summed E-state index contributed by atoms with van der Waals surface area (Å²) in [4.78, 5) is 16.3. The van der Waals surface area contributed by atoms with Crippen molar-refractivity contribution in [3.63, 3.8) is 0 Å². The van der Waals surface area contributed by atoms with E-state index in [1.54, 1.807) is 0 Å². The van der Waals surface area contributed by atoms with Gasteiger partial charge in [-0.3, -0.25) is 0 Å². The van der Waals surface area contributed by atoms with Crippen LogP contribution in [0.25, 0.3) is 21.8 Å². The van der Waals surface area contributed by atoms with E-state index in [4.69, 9.17) is 0 Å². The second-order valence-corrected chi connectivity index (χ2v) is 5.73. The molecule has 1 heterocycles. The van der Waals surface area contributed by atoms with Crippen LogP contribution in [-0.4, -0.2) is 16.1 Å². The van der Waals surface area contributed by atoms with E-state index in [1.807, 2.05) is 61.5 Å². The number of carboxylic acid groups (broad SMARTS) is 1. The Labute approximate surface area is 126 Å². The molecule has 2 aromatic carbocycles. The average molecular weight is 295 g/mol. The average Bonchev–Trinajstić information content (AvgIpc) is 2.94. The molecule has 0 fully saturated rings. The highest BCUT2D eigenvalue weighted by Crippen LogP contribution is 2.33. The van der Waals surface area contributed by atoms with Gasteiger partial charge in [-0.15, -0.1) is 11.3 Å². The summed E-state index contributed by atoms with van der Waals surface area (Å²) in [5.41, 5.74) is 3.46. The first-order valence-corrected chi connectivity index (χ1v) is 7.33. The van der Waals surface area contributed by atoms with Crippen molar-refractivity contribution in [2.24, 2.45) is 0 Å². The summed E-state index contributed by atoms with van der Waals surface area (Å²) in [6.07, 6.45) is 0. The van der Waals surface area contributed by atoms with Gasteiger partial charge < -0.3 is 5.11 Å². The molecule has 0 unspecified atom stereocenters. The highest BCUT2D eigenvalue weighted by Gasteiger charge is 2.19. The van der Waals surface area contributed by atoms with Crippen molar-refractivity contribution in [1.82, 2.24) is 4.98 Å². The summed E-state index contributed by atoms with van der Waals surface area (Å²) < 4.78 is 0. The van der Waals surface area contributed by atoms with Crippen molar-refractivity contribution in [1.29, 1.82) is 0 Å². The third-order valence-corrected chi connectivity index (χ3v) is 4.26. The van der Waals surface area contributed by atoms with Gasteiger partial charge in [0.25, 0.3) is 0 Å². The molecule has 4 heteroatoms. The molecule has 3 aromatic rings. The van der Waals surface area contributed by atoms with Gasteiger partial charge in [-0.25, -0.2) is 9.78 Å². The number of hydrogen-bond acceptors (Lipinski definition) is 3. The predicted octanol–water partition coefficient (Wildman–Crippen LogP) is 4.48. The number of aryl methyl sites for hydroxylation is 1. The highest BCUT2D eigenvalue weighted by atomic mass is 32.1. The van der Waals surface area contributed by atoms with Crippen molar-refractivity contribution in [2.45, 2.75) is 6.92 Å². The van der Waals surface area contributed by atoms with Gasteiger partial charge in [0.2, 0.25) is 0 Å². The number of benzene rings is 2. The molecule has 0 radical (unpaired) electrons. The van der Waals surface area contributed by atoms with Gasteiger partial charge in [-0.1, -0.05) is 60.2 Å². The molecule has 1 N–H and O–H groups in total. The number of carbonyl (C=O) groups is 1. The molecular formula is C17H13NO2S. The van der Waals surface area contributed by atoms with Crippen molar-refractivity contribution in [3.8, 4) is 21.8 Å². The van der Waals surface area contributed by atoms with E-state index in [0.717, 1.165) is 21.7 Å². The summed E-state index contributed by atoms with van der Waals surface area (Å²) in [5, 5.41) is 10.1. The van der Waals surface area contributed by atoms with Crippen LogP contribution in [0.15, 0.2) is 54.6 Å². The van der Waals surface area contributed by atoms with E-state index in [-0.39, 0.29) is 4.88 Å². The first kappa shape index (κ1) is 13.5. The Morgan fingerprint density at radius 1 is 1.00 bits per heavy atom. The van der Waals surface area contributed by atoms with E-state index in [2.05, 4.69) is 4.98 Å². The zero-order chi connectivity index (χ0) is 14.8. The van der Waals surface area contributed by atoms with Crippen LogP contribution in [0.4, 0.5) is 0 Å². The number of carboxylic acids is 1. The smallest absolute Gasteiger partial charge is 0.348 e. The van der Waals surface area contributed by atoms with E-state index < -0.39 is 5.97 Å². The molecule has 0 saturated carbocycles. The minimum atomic E-state index is -0.940. The largest absolute Gasteiger partial charge is 0.477 e. The van der Waals surface area contributed by atoms with Crippen molar-refractivity contribution in [2.75, 3.05) is 0 Å². The summed E-state index contributed by atoms with van der Waals surface area (Å²) >= 11 is 1.21. The minimum absolute atomic E-state index is 0.275. The third kappa shape index (κ3) is 2.71. The summed E-state index contributed by atoms with van der Waals surface area (Å²) in [5.74, 6) is -0.940. The van der Waals surface area contributed by atoms with Gasteiger partial charge in [0.15, 0.2) is 0 Å². The molecule has 0 saturated heterocycles. The van der Waals surface area contributed by atoms with Crippen LogP contribution in [0.1, 0.15) is 15.2 Å². The fourth-order valence-corrected chi connectivity index (χ4v) is 3.01. The van der Waals surface area contributed by atoms with E-state index in [0.29, 0.717) is 5.69 Å². The minimum Gasteiger partial charge on any atom is -0.477 e. The van der Waals surface area contributed by atoms with Crippen molar-refractivity contribution in [3.05, 3.63) is 65.0 Å². The van der Waals surface area contributed by atoms with Gasteiger partial charge in [0.1, 0.15) is 9.88 Å². The number of thiazole rings is 1. The lowest BCUT2D eigenvalue weighted by Gasteiger charge is -1.98. The summed E-state index contributed by atoms with van der Waals surface area (Å²) in [6, 6.07) is 17.3. The maximum atomic E-state index is 11.5. The van der Waals surface area contributed by atoms with Gasteiger partial charge >= 0.3 is 5.97 Å². The third-order valence-electron chi connectivity index (χ3n) is 3.17. The fraction of sp³-hybridized carbons (Fsp3) is 0.0588. The molecule has 21 heavy (non-hydrogen) atoms. The second-order valence-electron chi connectivity index (χ2n) is 4.73. The summed E-state index contributed by atoms with van der Waals surface area (Å²) in [6.45, 7) is 2.02. The quantitative estimate of drug-likeness (QED) is 0.775. The topological polar surface area (TPSA) is 50.2 Å². The van der Waals surface area contributed by atoms with Crippen LogP contribution < -0.4 is 0 Å². The lowest BCUT2D eigenvalue weighted by Crippen LogP contribution is -1.95. The molecule has 3 rings (SSSR count). The first-order valence-electron chi connectivity index (χ1n) is 6.52. The maximum absolute atomic E-state index is 11.5. The van der Waals surface area contributed by atoms with Crippen LogP contribution in [0, 0.1) is 6.92 Å². The van der Waals surface area contributed by atoms with Crippen LogP contribution >= 0.6 is 11.3 Å². The Morgan fingerprint density at radius 3 is 2.29 bits per heavy atom. The van der Waals surface area contributed by atoms with Gasteiger partial charge in [0, 0.05) is 11.1 Å². The Bertz CT molecular complexity index is 776. The first-order chi connectivity index (χ1) is 10.1. The Hall–Kier alpha value is -2.46. The SMILES string of the molecule is Cc1ccc(-c2nc(-c3ccccc3)c(C(=O)O)s2)cc1. The van der Waals surface area contributed by atoms with Gasteiger partial charge in [0.05, 0.1) is 5.69 Å². The molecular weight excluding hydrogens is 282 g/mol. The molecule has 0 aliphatic rings. The van der Waals surface area contributed by atoms with Crippen LogP contribution in [0.3, 0.4) is 0 Å². The Kier molecular flexibility index (Phi) is 3.54. The zero-order valence-electron chi connectivity index (χ0n) is 11.4. The predicted molar refractivity (Wildman–Crippen MR) is 84.7 cm³/mol. The monoisotopic (exact) mass is 295 g/mol. The van der Waals surface area contributed by atoms with E-state index >= 15 is 0 Å². The van der Waals surface area contributed by atoms with Crippen LogP contribution in [0.5, 0.6) is 0 Å². The molecule has 0 aliphatic carbocycles. The number of aromatic nitrogens is 1. The fourth-order valence-electron chi connectivity index (χ4n) is 2.08. The van der Waals surface area contributed by atoms with E-state index in [9.17, 15) is 9.90 Å². The molecule has 3 nitrogen and oxygen atoms in total. The molecule has 0 amide bonds.